The van der Waals surface area contributed by atoms with Crippen LogP contribution in [0.25, 0.3) is 0 Å². The number of urea groups is 1. The Kier molecular flexibility index (Phi) is 3.73. The quantitative estimate of drug-likeness (QED) is 0.812. The van der Waals surface area contributed by atoms with Crippen molar-refractivity contribution in [1.29, 1.82) is 0 Å². The zero-order valence-corrected chi connectivity index (χ0v) is 11.4. The number of hydrogen-bond donors (Lipinski definition) is 1. The van der Waals surface area contributed by atoms with Crippen molar-refractivity contribution < 1.29 is 9.59 Å². The highest BCUT2D eigenvalue weighted by molar-refractivity contribution is 5.96. The van der Waals surface area contributed by atoms with Crippen LogP contribution in [0.5, 0.6) is 0 Å². The molecule has 0 aromatic heterocycles. The van der Waals surface area contributed by atoms with Crippen LogP contribution >= 0.6 is 0 Å². The predicted molar refractivity (Wildman–Crippen MR) is 71.6 cm³/mol. The zero-order chi connectivity index (χ0) is 13.2. The van der Waals surface area contributed by atoms with Crippen molar-refractivity contribution in [2.75, 3.05) is 32.7 Å². The zero-order valence-electron chi connectivity index (χ0n) is 11.4. The van der Waals surface area contributed by atoms with E-state index in [0.717, 1.165) is 24.9 Å². The fourth-order valence-electron chi connectivity index (χ4n) is 3.81. The maximum absolute atomic E-state index is 12.1. The Balaban J connectivity index is 1.53. The minimum atomic E-state index is -0.224. The van der Waals surface area contributed by atoms with Crippen LogP contribution in [0.4, 0.5) is 4.79 Å². The molecule has 0 bridgehead atoms. The first-order valence-corrected chi connectivity index (χ1v) is 7.54. The fourth-order valence-corrected chi connectivity index (χ4v) is 3.81. The van der Waals surface area contributed by atoms with Gasteiger partial charge in [-0.05, 0) is 31.2 Å². The third-order valence-corrected chi connectivity index (χ3v) is 4.89. The van der Waals surface area contributed by atoms with E-state index in [0.29, 0.717) is 19.6 Å². The third-order valence-electron chi connectivity index (χ3n) is 4.89. The summed E-state index contributed by atoms with van der Waals surface area (Å²) in [6.07, 6.45) is 6.65. The molecule has 0 aromatic carbocycles. The maximum atomic E-state index is 12.1. The van der Waals surface area contributed by atoms with Gasteiger partial charge in [-0.15, -0.1) is 0 Å². The second-order valence-electron chi connectivity index (χ2n) is 6.11. The van der Waals surface area contributed by atoms with Gasteiger partial charge in [-0.25, -0.2) is 4.79 Å². The summed E-state index contributed by atoms with van der Waals surface area (Å²) in [6.45, 7) is 3.59. The molecular formula is C14H23N3O2. The minimum Gasteiger partial charge on any atom is -0.336 e. The Labute approximate surface area is 114 Å². The summed E-state index contributed by atoms with van der Waals surface area (Å²) in [5.74, 6) is 1.63. The SMILES string of the molecule is O=C(CN1CCC2CCCCC2C1)N1CCNC1=O. The topological polar surface area (TPSA) is 52.7 Å². The first-order chi connectivity index (χ1) is 9.24. The molecule has 1 saturated carbocycles. The highest BCUT2D eigenvalue weighted by Crippen LogP contribution is 2.35. The molecule has 3 fully saturated rings. The van der Waals surface area contributed by atoms with E-state index in [1.54, 1.807) is 0 Å². The number of imide groups is 1. The van der Waals surface area contributed by atoms with Gasteiger partial charge >= 0.3 is 6.03 Å². The number of carbonyl (C=O) groups is 2. The first-order valence-electron chi connectivity index (χ1n) is 7.54. The van der Waals surface area contributed by atoms with Crippen LogP contribution in [0.15, 0.2) is 0 Å². The molecule has 3 aliphatic rings. The van der Waals surface area contributed by atoms with Crippen molar-refractivity contribution in [3.05, 3.63) is 0 Å². The van der Waals surface area contributed by atoms with Crippen molar-refractivity contribution in [3.63, 3.8) is 0 Å². The second-order valence-corrected chi connectivity index (χ2v) is 6.11. The van der Waals surface area contributed by atoms with E-state index in [1.165, 1.54) is 37.0 Å². The van der Waals surface area contributed by atoms with E-state index < -0.39 is 0 Å². The maximum Gasteiger partial charge on any atom is 0.324 e. The number of nitrogens with one attached hydrogen (secondary N) is 1. The van der Waals surface area contributed by atoms with Crippen LogP contribution in [-0.4, -0.2) is 54.5 Å². The molecule has 106 valence electrons. The summed E-state index contributed by atoms with van der Waals surface area (Å²) in [5, 5.41) is 2.68. The van der Waals surface area contributed by atoms with Crippen LogP contribution in [0.1, 0.15) is 32.1 Å². The Morgan fingerprint density at radius 1 is 1.16 bits per heavy atom. The number of likely N-dealkylation sites (tertiary alicyclic amines) is 1. The van der Waals surface area contributed by atoms with Crippen LogP contribution in [0.2, 0.25) is 0 Å². The Morgan fingerprint density at radius 2 is 1.95 bits per heavy atom. The molecule has 2 atom stereocenters. The van der Waals surface area contributed by atoms with Crippen LogP contribution < -0.4 is 5.32 Å². The van der Waals surface area contributed by atoms with Crippen molar-refractivity contribution in [2.45, 2.75) is 32.1 Å². The molecule has 2 saturated heterocycles. The van der Waals surface area contributed by atoms with Gasteiger partial charge in [0.15, 0.2) is 0 Å². The number of nitrogens with zero attached hydrogens (tertiary/aromatic N) is 2. The first kappa shape index (κ1) is 12.9. The lowest BCUT2D eigenvalue weighted by Crippen LogP contribution is -2.47. The van der Waals surface area contributed by atoms with Gasteiger partial charge < -0.3 is 5.32 Å². The van der Waals surface area contributed by atoms with Gasteiger partial charge in [-0.2, -0.15) is 0 Å². The molecule has 5 nitrogen and oxygen atoms in total. The lowest BCUT2D eigenvalue weighted by Gasteiger charge is -2.41. The summed E-state index contributed by atoms with van der Waals surface area (Å²) in [7, 11) is 0. The molecule has 3 rings (SSSR count). The number of fused-ring (bicyclic) bond motifs is 1. The Hall–Kier alpha value is -1.10. The highest BCUT2D eigenvalue weighted by atomic mass is 16.2. The third kappa shape index (κ3) is 2.76. The molecule has 0 aromatic rings. The molecular weight excluding hydrogens is 242 g/mol. The summed E-state index contributed by atoms with van der Waals surface area (Å²) in [6, 6.07) is -0.224. The van der Waals surface area contributed by atoms with Crippen molar-refractivity contribution in [1.82, 2.24) is 15.1 Å². The van der Waals surface area contributed by atoms with Crippen molar-refractivity contribution >= 4 is 11.9 Å². The molecule has 0 radical (unpaired) electrons. The number of piperidine rings is 1. The van der Waals surface area contributed by atoms with E-state index in [1.807, 2.05) is 0 Å². The number of amides is 3. The molecule has 5 heteroatoms. The highest BCUT2D eigenvalue weighted by Gasteiger charge is 2.33. The van der Waals surface area contributed by atoms with Gasteiger partial charge in [-0.1, -0.05) is 19.3 Å². The van der Waals surface area contributed by atoms with E-state index in [9.17, 15) is 9.59 Å². The van der Waals surface area contributed by atoms with Gasteiger partial charge in [0.1, 0.15) is 0 Å². The minimum absolute atomic E-state index is 0.0377. The smallest absolute Gasteiger partial charge is 0.324 e. The van der Waals surface area contributed by atoms with Gasteiger partial charge in [0, 0.05) is 19.6 Å². The Morgan fingerprint density at radius 3 is 2.68 bits per heavy atom. The van der Waals surface area contributed by atoms with E-state index in [-0.39, 0.29) is 11.9 Å². The predicted octanol–water partition coefficient (Wildman–Crippen LogP) is 1.05. The normalized spacial score (nSPS) is 32.0. The van der Waals surface area contributed by atoms with Crippen LogP contribution in [0, 0.1) is 11.8 Å². The number of rotatable bonds is 2. The lowest BCUT2D eigenvalue weighted by atomic mass is 9.75. The molecule has 0 spiro atoms. The molecule has 1 aliphatic carbocycles. The largest absolute Gasteiger partial charge is 0.336 e. The molecule has 3 amide bonds. The van der Waals surface area contributed by atoms with Gasteiger partial charge in [0.05, 0.1) is 6.54 Å². The van der Waals surface area contributed by atoms with E-state index in [2.05, 4.69) is 10.2 Å². The molecule has 2 aliphatic heterocycles. The average molecular weight is 265 g/mol. The summed E-state index contributed by atoms with van der Waals surface area (Å²) in [4.78, 5) is 27.2. The average Bonchev–Trinajstić information content (AvgIpc) is 2.85. The fraction of sp³-hybridized carbons (Fsp3) is 0.857. The Bertz CT molecular complexity index is 372. The molecule has 2 unspecified atom stereocenters. The van der Waals surface area contributed by atoms with Crippen LogP contribution in [0.3, 0.4) is 0 Å². The summed E-state index contributed by atoms with van der Waals surface area (Å²) in [5.41, 5.74) is 0. The number of hydrogen-bond acceptors (Lipinski definition) is 3. The van der Waals surface area contributed by atoms with Crippen molar-refractivity contribution in [2.24, 2.45) is 11.8 Å². The second kappa shape index (κ2) is 5.49. The molecule has 2 heterocycles. The summed E-state index contributed by atoms with van der Waals surface area (Å²) >= 11 is 0. The number of carbonyl (C=O) groups excluding carboxylic acids is 2. The lowest BCUT2D eigenvalue weighted by molar-refractivity contribution is -0.129. The molecule has 1 N–H and O–H groups in total. The van der Waals surface area contributed by atoms with Gasteiger partial charge in [-0.3, -0.25) is 14.6 Å². The van der Waals surface area contributed by atoms with Crippen LogP contribution in [-0.2, 0) is 4.79 Å². The summed E-state index contributed by atoms with van der Waals surface area (Å²) < 4.78 is 0. The monoisotopic (exact) mass is 265 g/mol. The van der Waals surface area contributed by atoms with Crippen molar-refractivity contribution in [3.8, 4) is 0 Å². The van der Waals surface area contributed by atoms with Gasteiger partial charge in [0.2, 0.25) is 5.91 Å². The van der Waals surface area contributed by atoms with Gasteiger partial charge in [0.25, 0.3) is 0 Å². The molecule has 19 heavy (non-hydrogen) atoms. The van der Waals surface area contributed by atoms with E-state index >= 15 is 0 Å². The standard InChI is InChI=1S/C14H23N3O2/c18-13(17-8-6-15-14(17)19)10-16-7-5-11-3-1-2-4-12(11)9-16/h11-12H,1-10H2,(H,15,19). The van der Waals surface area contributed by atoms with E-state index in [4.69, 9.17) is 0 Å².